The van der Waals surface area contributed by atoms with Crippen LogP contribution in [0.1, 0.15) is 30.5 Å². The van der Waals surface area contributed by atoms with Gasteiger partial charge in [-0.3, -0.25) is 4.79 Å². The van der Waals surface area contributed by atoms with Crippen molar-refractivity contribution in [2.24, 2.45) is 0 Å². The molecule has 1 aromatic heterocycles. The van der Waals surface area contributed by atoms with E-state index < -0.39 is 5.25 Å². The molecular formula is C31H29N3O2S. The Hall–Kier alpha value is -4.08. The summed E-state index contributed by atoms with van der Waals surface area (Å²) in [5.41, 5.74) is 6.82. The minimum absolute atomic E-state index is 0.147. The van der Waals surface area contributed by atoms with Gasteiger partial charge in [-0.1, -0.05) is 48.2 Å². The first-order valence-corrected chi connectivity index (χ1v) is 13.1. The smallest absolute Gasteiger partial charge is 0.237 e. The number of pyridine rings is 1. The van der Waals surface area contributed by atoms with Crippen molar-refractivity contribution in [3.05, 3.63) is 95.6 Å². The quantitative estimate of drug-likeness (QED) is 0.251. The maximum absolute atomic E-state index is 13.1. The van der Waals surface area contributed by atoms with Crippen molar-refractivity contribution in [2.75, 3.05) is 11.9 Å². The molecule has 0 spiro atoms. The molecule has 0 saturated carbocycles. The van der Waals surface area contributed by atoms with Gasteiger partial charge in [-0.15, -0.1) is 0 Å². The van der Waals surface area contributed by atoms with Crippen LogP contribution in [0.15, 0.2) is 83.9 Å². The first kappa shape index (κ1) is 26.0. The van der Waals surface area contributed by atoms with E-state index in [0.717, 1.165) is 39.4 Å². The van der Waals surface area contributed by atoms with Crippen molar-refractivity contribution in [3.8, 4) is 34.2 Å². The Labute approximate surface area is 222 Å². The minimum atomic E-state index is -0.472. The summed E-state index contributed by atoms with van der Waals surface area (Å²) in [4.78, 5) is 17.9. The number of thioether (sulfide) groups is 1. The van der Waals surface area contributed by atoms with Gasteiger partial charge < -0.3 is 10.1 Å². The number of anilines is 1. The fourth-order valence-electron chi connectivity index (χ4n) is 3.88. The number of ether oxygens (including phenoxy) is 1. The minimum Gasteiger partial charge on any atom is -0.494 e. The third kappa shape index (κ3) is 6.19. The second-order valence-corrected chi connectivity index (χ2v) is 10.0. The number of amides is 1. The van der Waals surface area contributed by atoms with Crippen LogP contribution < -0.4 is 10.1 Å². The molecule has 1 atom stereocenters. The molecule has 6 heteroatoms. The first-order chi connectivity index (χ1) is 17.9. The van der Waals surface area contributed by atoms with Crippen LogP contribution in [0.5, 0.6) is 5.75 Å². The number of benzene rings is 3. The van der Waals surface area contributed by atoms with E-state index in [-0.39, 0.29) is 5.91 Å². The zero-order chi connectivity index (χ0) is 26.4. The standard InChI is InChI=1S/C31H29N3O2S/c1-5-36-26-15-12-24(13-16-26)29-18-27(23-9-7-6-8-10-23)28(19-32)31(34-29)37-22(4)30(35)33-25-14-11-20(2)21(3)17-25/h6-18,22H,5H2,1-4H3,(H,33,35). The van der Waals surface area contributed by atoms with Crippen molar-refractivity contribution in [1.29, 1.82) is 5.26 Å². The summed E-state index contributed by atoms with van der Waals surface area (Å²) < 4.78 is 5.58. The van der Waals surface area contributed by atoms with Crippen molar-refractivity contribution >= 4 is 23.4 Å². The largest absolute Gasteiger partial charge is 0.494 e. The number of hydrogen-bond donors (Lipinski definition) is 1. The Bertz CT molecular complexity index is 1440. The van der Waals surface area contributed by atoms with Gasteiger partial charge in [0.2, 0.25) is 5.91 Å². The van der Waals surface area contributed by atoms with Crippen LogP contribution in [0.4, 0.5) is 5.69 Å². The van der Waals surface area contributed by atoms with E-state index in [1.54, 1.807) is 0 Å². The van der Waals surface area contributed by atoms with Crippen molar-refractivity contribution in [3.63, 3.8) is 0 Å². The van der Waals surface area contributed by atoms with E-state index >= 15 is 0 Å². The molecule has 1 N–H and O–H groups in total. The third-order valence-electron chi connectivity index (χ3n) is 6.08. The van der Waals surface area contributed by atoms with E-state index in [0.29, 0.717) is 17.2 Å². The summed E-state index contributed by atoms with van der Waals surface area (Å²) in [6, 6.07) is 27.6. The van der Waals surface area contributed by atoms with E-state index in [1.165, 1.54) is 17.3 Å². The topological polar surface area (TPSA) is 75.0 Å². The second-order valence-electron chi connectivity index (χ2n) is 8.72. The van der Waals surface area contributed by atoms with Crippen LogP contribution >= 0.6 is 11.8 Å². The Morgan fingerprint density at radius 3 is 2.38 bits per heavy atom. The monoisotopic (exact) mass is 507 g/mol. The van der Waals surface area contributed by atoms with Gasteiger partial charge in [0.05, 0.1) is 23.1 Å². The highest BCUT2D eigenvalue weighted by Gasteiger charge is 2.21. The van der Waals surface area contributed by atoms with Crippen LogP contribution in [0.25, 0.3) is 22.4 Å². The summed E-state index contributed by atoms with van der Waals surface area (Å²) in [5.74, 6) is 0.640. The average molecular weight is 508 g/mol. The molecule has 0 bridgehead atoms. The Balaban J connectivity index is 1.70. The van der Waals surface area contributed by atoms with Gasteiger partial charge in [0.1, 0.15) is 16.8 Å². The molecule has 1 heterocycles. The van der Waals surface area contributed by atoms with Crippen LogP contribution in [-0.4, -0.2) is 22.7 Å². The maximum atomic E-state index is 13.1. The molecule has 3 aromatic carbocycles. The van der Waals surface area contributed by atoms with E-state index in [4.69, 9.17) is 9.72 Å². The number of carbonyl (C=O) groups excluding carboxylic acids is 1. The van der Waals surface area contributed by atoms with E-state index in [9.17, 15) is 10.1 Å². The summed E-state index contributed by atoms with van der Waals surface area (Å²) in [7, 11) is 0. The lowest BCUT2D eigenvalue weighted by molar-refractivity contribution is -0.115. The molecule has 186 valence electrons. The van der Waals surface area contributed by atoms with E-state index in [2.05, 4.69) is 11.4 Å². The van der Waals surface area contributed by atoms with Crippen LogP contribution in [-0.2, 0) is 4.79 Å². The number of rotatable bonds is 8. The lowest BCUT2D eigenvalue weighted by atomic mass is 9.99. The lowest BCUT2D eigenvalue weighted by Gasteiger charge is -2.16. The number of nitriles is 1. The lowest BCUT2D eigenvalue weighted by Crippen LogP contribution is -2.22. The molecule has 0 aliphatic heterocycles. The van der Waals surface area contributed by atoms with Gasteiger partial charge in [0.25, 0.3) is 0 Å². The SMILES string of the molecule is CCOc1ccc(-c2cc(-c3ccccc3)c(C#N)c(SC(C)C(=O)Nc3ccc(C)c(C)c3)n2)cc1. The summed E-state index contributed by atoms with van der Waals surface area (Å²) in [5, 5.41) is 13.2. The zero-order valence-electron chi connectivity index (χ0n) is 21.4. The number of nitrogens with one attached hydrogen (secondary N) is 1. The molecule has 0 saturated heterocycles. The predicted molar refractivity (Wildman–Crippen MR) is 151 cm³/mol. The molecule has 37 heavy (non-hydrogen) atoms. The Morgan fingerprint density at radius 2 is 1.73 bits per heavy atom. The van der Waals surface area contributed by atoms with Gasteiger partial charge in [0.15, 0.2) is 0 Å². The molecule has 0 aliphatic rings. The fraction of sp³-hybridized carbons (Fsp3) is 0.194. The predicted octanol–water partition coefficient (Wildman–Crippen LogP) is 7.42. The molecule has 4 aromatic rings. The van der Waals surface area contributed by atoms with E-state index in [1.807, 2.05) is 107 Å². The van der Waals surface area contributed by atoms with Crippen molar-refractivity contribution in [1.82, 2.24) is 4.98 Å². The van der Waals surface area contributed by atoms with Gasteiger partial charge in [-0.25, -0.2) is 4.98 Å². The van der Waals surface area contributed by atoms with Gasteiger partial charge in [-0.05, 0) is 86.8 Å². The highest BCUT2D eigenvalue weighted by atomic mass is 32.2. The van der Waals surface area contributed by atoms with Gasteiger partial charge in [-0.2, -0.15) is 5.26 Å². The Morgan fingerprint density at radius 1 is 1.00 bits per heavy atom. The molecule has 1 amide bonds. The number of aryl methyl sites for hydroxylation is 2. The highest BCUT2D eigenvalue weighted by Crippen LogP contribution is 2.36. The number of nitrogens with zero attached hydrogens (tertiary/aromatic N) is 2. The molecule has 1 unspecified atom stereocenters. The molecule has 0 aliphatic carbocycles. The van der Waals surface area contributed by atoms with Crippen LogP contribution in [0.3, 0.4) is 0 Å². The second kappa shape index (κ2) is 11.8. The molecular weight excluding hydrogens is 478 g/mol. The highest BCUT2D eigenvalue weighted by molar-refractivity contribution is 8.00. The normalized spacial score (nSPS) is 11.4. The summed E-state index contributed by atoms with van der Waals surface area (Å²) >= 11 is 1.29. The Kier molecular flexibility index (Phi) is 8.27. The van der Waals surface area contributed by atoms with Crippen LogP contribution in [0.2, 0.25) is 0 Å². The summed E-state index contributed by atoms with van der Waals surface area (Å²) in [6.45, 7) is 8.42. The fourth-order valence-corrected chi connectivity index (χ4v) is 4.81. The zero-order valence-corrected chi connectivity index (χ0v) is 22.2. The maximum Gasteiger partial charge on any atom is 0.237 e. The number of hydrogen-bond acceptors (Lipinski definition) is 5. The number of carbonyl (C=O) groups is 1. The molecule has 5 nitrogen and oxygen atoms in total. The molecule has 4 rings (SSSR count). The molecule has 0 radical (unpaired) electrons. The van der Waals surface area contributed by atoms with Gasteiger partial charge in [0, 0.05) is 16.8 Å². The number of aromatic nitrogens is 1. The first-order valence-electron chi connectivity index (χ1n) is 12.2. The van der Waals surface area contributed by atoms with Gasteiger partial charge >= 0.3 is 0 Å². The van der Waals surface area contributed by atoms with Crippen molar-refractivity contribution in [2.45, 2.75) is 38.0 Å². The molecule has 0 fully saturated rings. The third-order valence-corrected chi connectivity index (χ3v) is 7.16. The summed E-state index contributed by atoms with van der Waals surface area (Å²) in [6.07, 6.45) is 0. The van der Waals surface area contributed by atoms with Crippen LogP contribution in [0, 0.1) is 25.2 Å². The average Bonchev–Trinajstić information content (AvgIpc) is 2.91. The van der Waals surface area contributed by atoms with Crippen molar-refractivity contribution < 1.29 is 9.53 Å².